The van der Waals surface area contributed by atoms with Gasteiger partial charge in [0.25, 0.3) is 0 Å². The number of fused-ring (bicyclic) bond motifs is 2. The third-order valence-electron chi connectivity index (χ3n) is 8.74. The molecule has 2 unspecified atom stereocenters. The van der Waals surface area contributed by atoms with Gasteiger partial charge in [0.2, 0.25) is 5.91 Å². The Balaban J connectivity index is 1.77. The van der Waals surface area contributed by atoms with Gasteiger partial charge in [-0.1, -0.05) is 38.1 Å². The Hall–Kier alpha value is -4.64. The zero-order chi connectivity index (χ0) is 32.3. The maximum atomic E-state index is 17.4. The number of piperazine rings is 1. The average Bonchev–Trinajstić information content (AvgIpc) is 2.99. The lowest BCUT2D eigenvalue weighted by atomic mass is 9.96. The number of aromatic hydroxyl groups is 2. The van der Waals surface area contributed by atoms with E-state index in [0.29, 0.717) is 48.7 Å². The third kappa shape index (κ3) is 4.77. The van der Waals surface area contributed by atoms with Crippen molar-refractivity contribution in [3.8, 4) is 28.3 Å². The Labute approximate surface area is 264 Å². The normalized spacial score (nSPS) is 17.9. The monoisotopic (exact) mass is 632 g/mol. The van der Waals surface area contributed by atoms with E-state index < -0.39 is 11.5 Å². The summed E-state index contributed by atoms with van der Waals surface area (Å²) in [6, 6.07) is 5.33. The summed E-state index contributed by atoms with van der Waals surface area (Å²) in [5.41, 5.74) is 0.644. The summed E-state index contributed by atoms with van der Waals surface area (Å²) in [5.74, 6) is -1.77. The fourth-order valence-corrected chi connectivity index (χ4v) is 6.94. The molecular formula is C33H34ClFN6O4. The number of amides is 1. The van der Waals surface area contributed by atoms with Crippen molar-refractivity contribution in [1.29, 1.82) is 0 Å². The molecule has 4 heterocycles. The van der Waals surface area contributed by atoms with E-state index in [1.807, 2.05) is 32.6 Å². The summed E-state index contributed by atoms with van der Waals surface area (Å²) >= 11 is 7.01. The number of nitrogens with zero attached hydrogens (tertiary/aromatic N) is 5. The summed E-state index contributed by atoms with van der Waals surface area (Å²) in [6.07, 6.45) is 3.47. The molecule has 0 bridgehead atoms. The van der Waals surface area contributed by atoms with Crippen molar-refractivity contribution in [2.45, 2.75) is 52.1 Å². The maximum absolute atomic E-state index is 17.4. The van der Waals surface area contributed by atoms with Crippen LogP contribution in [0.3, 0.4) is 0 Å². The number of aryl methyl sites for hydroxylation is 1. The van der Waals surface area contributed by atoms with Crippen LogP contribution in [0.4, 0.5) is 15.9 Å². The second-order valence-corrected chi connectivity index (χ2v) is 12.3. The number of nitrogens with one attached hydrogen (secondary N) is 1. The van der Waals surface area contributed by atoms with Crippen LogP contribution in [0.2, 0.25) is 5.02 Å². The highest BCUT2D eigenvalue weighted by Crippen LogP contribution is 2.50. The highest BCUT2D eigenvalue weighted by molar-refractivity contribution is 6.38. The Morgan fingerprint density at radius 2 is 1.91 bits per heavy atom. The zero-order valence-electron chi connectivity index (χ0n) is 25.4. The van der Waals surface area contributed by atoms with Gasteiger partial charge < -0.3 is 25.3 Å². The maximum Gasteiger partial charge on any atom is 0.354 e. The lowest BCUT2D eigenvalue weighted by Gasteiger charge is -2.47. The van der Waals surface area contributed by atoms with Crippen molar-refractivity contribution >= 4 is 39.9 Å². The number of hydrogen-bond donors (Lipinski definition) is 3. The highest BCUT2D eigenvalue weighted by atomic mass is 35.5. The van der Waals surface area contributed by atoms with Crippen molar-refractivity contribution in [3.63, 3.8) is 0 Å². The van der Waals surface area contributed by atoms with Gasteiger partial charge in [-0.2, -0.15) is 4.98 Å². The van der Waals surface area contributed by atoms with E-state index in [1.165, 1.54) is 28.8 Å². The molecule has 2 aromatic carbocycles. The van der Waals surface area contributed by atoms with E-state index in [4.69, 9.17) is 11.6 Å². The van der Waals surface area contributed by atoms with Crippen LogP contribution in [0.1, 0.15) is 44.4 Å². The molecule has 1 saturated heterocycles. The van der Waals surface area contributed by atoms with Gasteiger partial charge in [-0.25, -0.2) is 9.18 Å². The molecule has 2 aliphatic heterocycles. The molecule has 45 heavy (non-hydrogen) atoms. The van der Waals surface area contributed by atoms with Gasteiger partial charge in [0.05, 0.1) is 33.0 Å². The number of phenolic OH excluding ortho intramolecular Hbond substituents is 2. The predicted octanol–water partition coefficient (Wildman–Crippen LogP) is 5.49. The first-order valence-corrected chi connectivity index (χ1v) is 15.2. The van der Waals surface area contributed by atoms with E-state index in [2.05, 4.69) is 21.9 Å². The van der Waals surface area contributed by atoms with Crippen molar-refractivity contribution < 1.29 is 19.4 Å². The third-order valence-corrected chi connectivity index (χ3v) is 9.12. The second kappa shape index (κ2) is 11.4. The van der Waals surface area contributed by atoms with Crippen LogP contribution < -0.4 is 15.9 Å². The van der Waals surface area contributed by atoms with Crippen molar-refractivity contribution in [2.24, 2.45) is 0 Å². The number of carbonyl (C=O) groups excluding carboxylic acids is 1. The molecule has 2 atom stereocenters. The number of benzene rings is 2. The number of rotatable bonds is 4. The van der Waals surface area contributed by atoms with Crippen molar-refractivity contribution in [1.82, 2.24) is 19.4 Å². The quantitative estimate of drug-likeness (QED) is 0.252. The first kappa shape index (κ1) is 30.4. The number of pyridine rings is 1. The Bertz CT molecular complexity index is 1920. The molecule has 0 radical (unpaired) electrons. The standard InChI is InChI=1S/C33H34ClFN6O4/c1-6-22(44)39-15-19-11-13-37-29-25-31(27(35)24(26(29)34)23-20(42)8-7-9-21(23)43)41(30-17(4)10-12-36-28(30)16(2)3)33(45)38-32(25)40(19)14-18(39)5/h6-10,12,16,18-19,37,42-43H,1,11,13-15H2,2-5H3. The lowest BCUT2D eigenvalue weighted by Crippen LogP contribution is -2.60. The van der Waals surface area contributed by atoms with Crippen LogP contribution in [0, 0.1) is 12.7 Å². The first-order chi connectivity index (χ1) is 21.5. The minimum Gasteiger partial charge on any atom is -0.507 e. The van der Waals surface area contributed by atoms with Crippen LogP contribution >= 0.6 is 11.6 Å². The fraction of sp³-hybridized carbons (Fsp3) is 0.333. The van der Waals surface area contributed by atoms with E-state index in [9.17, 15) is 19.8 Å². The summed E-state index contributed by atoms with van der Waals surface area (Å²) in [5, 5.41) is 25.2. The number of aromatic nitrogens is 3. The molecule has 4 aromatic rings. The molecule has 1 amide bonds. The molecule has 10 nitrogen and oxygen atoms in total. The number of anilines is 2. The van der Waals surface area contributed by atoms with Gasteiger partial charge in [0.1, 0.15) is 22.8 Å². The van der Waals surface area contributed by atoms with Gasteiger partial charge in [0.15, 0.2) is 5.82 Å². The van der Waals surface area contributed by atoms with Crippen molar-refractivity contribution in [2.75, 3.05) is 29.9 Å². The molecule has 0 saturated carbocycles. The summed E-state index contributed by atoms with van der Waals surface area (Å²) in [7, 11) is 0. The summed E-state index contributed by atoms with van der Waals surface area (Å²) in [6.45, 7) is 12.3. The fourth-order valence-electron chi connectivity index (χ4n) is 6.60. The molecule has 1 fully saturated rings. The molecule has 0 aliphatic carbocycles. The lowest BCUT2D eigenvalue weighted by molar-refractivity contribution is -0.128. The van der Waals surface area contributed by atoms with E-state index in [0.717, 1.165) is 0 Å². The minimum absolute atomic E-state index is 0.0796. The van der Waals surface area contributed by atoms with Crippen LogP contribution in [-0.2, 0) is 4.79 Å². The van der Waals surface area contributed by atoms with Gasteiger partial charge >= 0.3 is 5.69 Å². The SMILES string of the molecule is C=CC(=O)N1CC2CCNc3c(Cl)c(-c4c(O)cccc4O)c(F)c4c3c(nc(=O)n4-c3c(C)ccnc3C(C)C)N2CC1C. The summed E-state index contributed by atoms with van der Waals surface area (Å²) < 4.78 is 18.6. The van der Waals surface area contributed by atoms with Crippen LogP contribution in [-0.4, -0.2) is 67.3 Å². The molecule has 0 spiro atoms. The Kier molecular flexibility index (Phi) is 7.68. The second-order valence-electron chi connectivity index (χ2n) is 11.9. The molecule has 6 rings (SSSR count). The Morgan fingerprint density at radius 3 is 2.58 bits per heavy atom. The number of halogens is 2. The topological polar surface area (TPSA) is 124 Å². The van der Waals surface area contributed by atoms with Crippen molar-refractivity contribution in [3.05, 3.63) is 75.7 Å². The number of hydrogen-bond acceptors (Lipinski definition) is 8. The van der Waals surface area contributed by atoms with Crippen LogP contribution in [0.25, 0.3) is 27.7 Å². The van der Waals surface area contributed by atoms with E-state index in [-0.39, 0.29) is 68.3 Å². The van der Waals surface area contributed by atoms with Gasteiger partial charge in [-0.3, -0.25) is 14.3 Å². The summed E-state index contributed by atoms with van der Waals surface area (Å²) in [4.78, 5) is 39.8. The predicted molar refractivity (Wildman–Crippen MR) is 173 cm³/mol. The van der Waals surface area contributed by atoms with Crippen LogP contribution in [0.15, 0.2) is 47.9 Å². The number of phenols is 2. The number of carbonyl (C=O) groups is 1. The molecule has 12 heteroatoms. The van der Waals surface area contributed by atoms with E-state index >= 15 is 4.39 Å². The first-order valence-electron chi connectivity index (χ1n) is 14.8. The smallest absolute Gasteiger partial charge is 0.354 e. The molecular weight excluding hydrogens is 599 g/mol. The minimum atomic E-state index is -0.915. The average molecular weight is 633 g/mol. The molecule has 3 N–H and O–H groups in total. The Morgan fingerprint density at radius 1 is 1.20 bits per heavy atom. The molecule has 234 valence electrons. The highest BCUT2D eigenvalue weighted by Gasteiger charge is 2.39. The van der Waals surface area contributed by atoms with Crippen LogP contribution in [0.5, 0.6) is 11.5 Å². The largest absolute Gasteiger partial charge is 0.507 e. The molecule has 2 aromatic heterocycles. The van der Waals surface area contributed by atoms with Gasteiger partial charge in [0, 0.05) is 43.5 Å². The van der Waals surface area contributed by atoms with Gasteiger partial charge in [-0.05, 0) is 56.0 Å². The van der Waals surface area contributed by atoms with Gasteiger partial charge in [-0.15, -0.1) is 0 Å². The zero-order valence-corrected chi connectivity index (χ0v) is 26.2. The molecule has 2 aliphatic rings. The van der Waals surface area contributed by atoms with E-state index in [1.54, 1.807) is 17.2 Å².